The number of methoxy groups -OCH3 is 1. The van der Waals surface area contributed by atoms with E-state index in [2.05, 4.69) is 17.5 Å². The van der Waals surface area contributed by atoms with Gasteiger partial charge in [0.25, 0.3) is 0 Å². The Balaban J connectivity index is 1.85. The molecule has 1 atom stereocenters. The number of furan rings is 1. The monoisotopic (exact) mass is 298 g/mol. The lowest BCUT2D eigenvalue weighted by molar-refractivity contribution is 0.0927. The third-order valence-corrected chi connectivity index (χ3v) is 3.77. The van der Waals surface area contributed by atoms with Crippen molar-refractivity contribution in [2.24, 2.45) is 11.0 Å². The van der Waals surface area contributed by atoms with Crippen LogP contribution in [0, 0.1) is 5.92 Å². The van der Waals surface area contributed by atoms with Crippen molar-refractivity contribution in [3.05, 3.63) is 53.5 Å². The maximum Gasteiger partial charge on any atom is 0.307 e. The van der Waals surface area contributed by atoms with Crippen molar-refractivity contribution in [3.63, 3.8) is 0 Å². The zero-order valence-corrected chi connectivity index (χ0v) is 12.6. The molecule has 1 aromatic heterocycles. The Morgan fingerprint density at radius 1 is 1.36 bits per heavy atom. The lowest BCUT2D eigenvalue weighted by Crippen LogP contribution is -2.24. The summed E-state index contributed by atoms with van der Waals surface area (Å²) in [5.41, 5.74) is 5.72. The quantitative estimate of drug-likeness (QED) is 0.886. The van der Waals surface area contributed by atoms with Crippen molar-refractivity contribution in [2.45, 2.75) is 19.8 Å². The fourth-order valence-electron chi connectivity index (χ4n) is 2.72. The largest absolute Gasteiger partial charge is 0.497 e. The van der Waals surface area contributed by atoms with Crippen molar-refractivity contribution in [1.82, 2.24) is 5.43 Å². The molecule has 0 aliphatic heterocycles. The molecule has 1 N–H and O–H groups in total. The van der Waals surface area contributed by atoms with E-state index in [-0.39, 0.29) is 11.7 Å². The van der Waals surface area contributed by atoms with Gasteiger partial charge in [-0.3, -0.25) is 4.79 Å². The van der Waals surface area contributed by atoms with E-state index in [1.54, 1.807) is 19.2 Å². The van der Waals surface area contributed by atoms with Gasteiger partial charge in [-0.1, -0.05) is 6.92 Å². The molecule has 1 heterocycles. The van der Waals surface area contributed by atoms with Crippen LogP contribution in [-0.4, -0.2) is 18.7 Å². The molecule has 0 radical (unpaired) electrons. The molecule has 0 saturated heterocycles. The fraction of sp³-hybridized carbons (Fsp3) is 0.294. The van der Waals surface area contributed by atoms with Gasteiger partial charge in [-0.25, -0.2) is 5.43 Å². The topological polar surface area (TPSA) is 63.8 Å². The Morgan fingerprint density at radius 3 is 2.95 bits per heavy atom. The van der Waals surface area contributed by atoms with Crippen LogP contribution >= 0.6 is 0 Å². The highest BCUT2D eigenvalue weighted by Gasteiger charge is 2.22. The van der Waals surface area contributed by atoms with Gasteiger partial charge in [-0.05, 0) is 54.7 Å². The molecule has 0 saturated carbocycles. The summed E-state index contributed by atoms with van der Waals surface area (Å²) in [6.45, 7) is 2.17. The summed E-state index contributed by atoms with van der Waals surface area (Å²) in [7, 11) is 1.66. The number of hydrogen-bond donors (Lipinski definition) is 1. The van der Waals surface area contributed by atoms with E-state index in [0.29, 0.717) is 5.92 Å². The first-order chi connectivity index (χ1) is 10.7. The highest BCUT2D eigenvalue weighted by atomic mass is 16.5. The van der Waals surface area contributed by atoms with Crippen molar-refractivity contribution in [2.75, 3.05) is 7.11 Å². The average Bonchev–Trinajstić information content (AvgIpc) is 3.05. The molecule has 3 rings (SSSR count). The molecule has 0 spiro atoms. The highest BCUT2D eigenvalue weighted by Crippen LogP contribution is 2.28. The predicted octanol–water partition coefficient (Wildman–Crippen LogP) is 3.00. The van der Waals surface area contributed by atoms with Crippen LogP contribution in [0.4, 0.5) is 0 Å². The summed E-state index contributed by atoms with van der Waals surface area (Å²) in [5.74, 6) is 1.22. The van der Waals surface area contributed by atoms with Crippen LogP contribution in [0.3, 0.4) is 0 Å². The summed E-state index contributed by atoms with van der Waals surface area (Å²) < 4.78 is 10.3. The first-order valence-corrected chi connectivity index (χ1v) is 7.25. The Labute approximate surface area is 129 Å². The van der Waals surface area contributed by atoms with Crippen LogP contribution in [0.25, 0.3) is 0 Å². The summed E-state index contributed by atoms with van der Waals surface area (Å²) >= 11 is 0. The lowest BCUT2D eigenvalue weighted by atomic mass is 9.83. The summed E-state index contributed by atoms with van der Waals surface area (Å²) in [4.78, 5) is 11.9. The van der Waals surface area contributed by atoms with Crippen LogP contribution < -0.4 is 10.2 Å². The number of benzene rings is 1. The number of hydrogen-bond acceptors (Lipinski definition) is 4. The van der Waals surface area contributed by atoms with Gasteiger partial charge in [0, 0.05) is 5.56 Å². The standard InChI is InChI=1S/C17H18N2O3/c1-11-8-12-10-13(21-2)5-6-14(12)15(9-11)18-19-17(20)16-4-3-7-22-16/h3-7,10-11H,8-9H2,1-2H3,(H,19,20). The van der Waals surface area contributed by atoms with Crippen LogP contribution in [0.15, 0.2) is 46.1 Å². The first kappa shape index (κ1) is 14.4. The Bertz CT molecular complexity index is 705. The molecule has 5 nitrogen and oxygen atoms in total. The second kappa shape index (κ2) is 6.05. The minimum atomic E-state index is -0.342. The van der Waals surface area contributed by atoms with Crippen LogP contribution in [-0.2, 0) is 6.42 Å². The van der Waals surface area contributed by atoms with E-state index in [0.717, 1.165) is 29.9 Å². The number of hydrazone groups is 1. The number of nitrogens with one attached hydrogen (secondary N) is 1. The Kier molecular flexibility index (Phi) is 3.96. The molecule has 2 aromatic rings. The van der Waals surface area contributed by atoms with E-state index in [1.807, 2.05) is 18.2 Å². The van der Waals surface area contributed by atoms with Gasteiger partial charge in [0.1, 0.15) is 5.75 Å². The third kappa shape index (κ3) is 2.88. The van der Waals surface area contributed by atoms with Gasteiger partial charge >= 0.3 is 5.91 Å². The number of amides is 1. The maximum atomic E-state index is 11.9. The molecule has 1 unspecified atom stereocenters. The fourth-order valence-corrected chi connectivity index (χ4v) is 2.72. The van der Waals surface area contributed by atoms with Gasteiger partial charge in [0.15, 0.2) is 5.76 Å². The number of fused-ring (bicyclic) bond motifs is 1. The summed E-state index contributed by atoms with van der Waals surface area (Å²) in [6.07, 6.45) is 3.28. The number of rotatable bonds is 3. The van der Waals surface area contributed by atoms with Crippen LogP contribution in [0.5, 0.6) is 5.75 Å². The molecule has 114 valence electrons. The van der Waals surface area contributed by atoms with Gasteiger partial charge in [-0.15, -0.1) is 0 Å². The Hall–Kier alpha value is -2.56. The van der Waals surface area contributed by atoms with E-state index in [4.69, 9.17) is 9.15 Å². The minimum absolute atomic E-state index is 0.253. The normalized spacial score (nSPS) is 18.8. The van der Waals surface area contributed by atoms with E-state index in [9.17, 15) is 4.79 Å². The highest BCUT2D eigenvalue weighted by molar-refractivity contribution is 6.04. The van der Waals surface area contributed by atoms with Gasteiger partial charge in [-0.2, -0.15) is 5.10 Å². The molecule has 0 bridgehead atoms. The van der Waals surface area contributed by atoms with Crippen LogP contribution in [0.1, 0.15) is 35.0 Å². The summed E-state index contributed by atoms with van der Waals surface area (Å²) in [6, 6.07) is 9.23. The van der Waals surface area contributed by atoms with E-state index >= 15 is 0 Å². The molecule has 1 aliphatic rings. The number of nitrogens with zero attached hydrogens (tertiary/aromatic N) is 1. The zero-order chi connectivity index (χ0) is 15.5. The zero-order valence-electron chi connectivity index (χ0n) is 12.6. The second-order valence-corrected chi connectivity index (χ2v) is 5.51. The predicted molar refractivity (Wildman–Crippen MR) is 83.2 cm³/mol. The number of carbonyl (C=O) groups is 1. The van der Waals surface area contributed by atoms with E-state index in [1.165, 1.54) is 11.8 Å². The average molecular weight is 298 g/mol. The third-order valence-electron chi connectivity index (χ3n) is 3.77. The number of ether oxygens (including phenoxy) is 1. The minimum Gasteiger partial charge on any atom is -0.497 e. The molecule has 1 amide bonds. The van der Waals surface area contributed by atoms with Crippen molar-refractivity contribution in [1.29, 1.82) is 0 Å². The second-order valence-electron chi connectivity index (χ2n) is 5.51. The molecule has 22 heavy (non-hydrogen) atoms. The van der Waals surface area contributed by atoms with Gasteiger partial charge < -0.3 is 9.15 Å². The molecular weight excluding hydrogens is 280 g/mol. The van der Waals surface area contributed by atoms with Gasteiger partial charge in [0.05, 0.1) is 19.1 Å². The van der Waals surface area contributed by atoms with Crippen molar-refractivity contribution >= 4 is 11.6 Å². The van der Waals surface area contributed by atoms with Crippen molar-refractivity contribution in [3.8, 4) is 5.75 Å². The smallest absolute Gasteiger partial charge is 0.307 e. The summed E-state index contributed by atoms with van der Waals surface area (Å²) in [5, 5.41) is 4.30. The SMILES string of the molecule is COc1ccc2c(c1)CC(C)CC2=NNC(=O)c1ccco1. The van der Waals surface area contributed by atoms with Crippen molar-refractivity contribution < 1.29 is 13.9 Å². The molecule has 5 heteroatoms. The molecular formula is C17H18N2O3. The van der Waals surface area contributed by atoms with E-state index < -0.39 is 0 Å². The maximum absolute atomic E-state index is 11.9. The molecule has 1 aromatic carbocycles. The van der Waals surface area contributed by atoms with Crippen LogP contribution in [0.2, 0.25) is 0 Å². The molecule has 1 aliphatic carbocycles. The Morgan fingerprint density at radius 2 is 2.23 bits per heavy atom. The first-order valence-electron chi connectivity index (χ1n) is 7.25. The molecule has 0 fully saturated rings. The number of carbonyl (C=O) groups excluding carboxylic acids is 1. The van der Waals surface area contributed by atoms with Gasteiger partial charge in [0.2, 0.25) is 0 Å². The lowest BCUT2D eigenvalue weighted by Gasteiger charge is -2.23.